The number of carbonyl (C=O) groups excluding carboxylic acids is 1. The number of urea groups is 1. The van der Waals surface area contributed by atoms with Gasteiger partial charge in [-0.15, -0.1) is 0 Å². The molecular weight excluding hydrogens is 309 g/mol. The van der Waals surface area contributed by atoms with Crippen molar-refractivity contribution in [1.29, 1.82) is 0 Å². The number of hydrogen-bond acceptors (Lipinski definition) is 3. The molecule has 5 nitrogen and oxygen atoms in total. The molecule has 2 rings (SSSR count). The Morgan fingerprint density at radius 2 is 2.00 bits per heavy atom. The largest absolute Gasteiger partial charge is 0.393 e. The molecule has 0 radical (unpaired) electrons. The predicted molar refractivity (Wildman–Crippen MR) is 94.9 cm³/mol. The van der Waals surface area contributed by atoms with Crippen molar-refractivity contribution < 1.29 is 14.3 Å². The zero-order valence-electron chi connectivity index (χ0n) is 14.7. The monoisotopic (exact) mass is 337 g/mol. The quantitative estimate of drug-likeness (QED) is 0.746. The van der Waals surface area contributed by atoms with Crippen LogP contribution >= 0.6 is 0 Å². The van der Waals surface area contributed by atoms with Gasteiger partial charge >= 0.3 is 6.03 Å². The van der Waals surface area contributed by atoms with E-state index < -0.39 is 6.10 Å². The molecule has 6 heteroatoms. The number of hydrogen-bond donors (Lipinski definition) is 3. The molecule has 1 aliphatic rings. The first-order chi connectivity index (χ1) is 11.2. The van der Waals surface area contributed by atoms with Crippen molar-refractivity contribution in [2.75, 3.05) is 29.9 Å². The molecule has 134 valence electrons. The van der Waals surface area contributed by atoms with Gasteiger partial charge in [-0.1, -0.05) is 13.8 Å². The number of aliphatic hydroxyl groups is 1. The zero-order valence-corrected chi connectivity index (χ0v) is 14.7. The van der Waals surface area contributed by atoms with Crippen LogP contribution in [-0.4, -0.2) is 36.9 Å². The Bertz CT molecular complexity index is 569. The van der Waals surface area contributed by atoms with Gasteiger partial charge in [-0.2, -0.15) is 0 Å². The van der Waals surface area contributed by atoms with Crippen LogP contribution in [0.4, 0.5) is 20.6 Å². The van der Waals surface area contributed by atoms with E-state index in [1.165, 1.54) is 12.1 Å². The van der Waals surface area contributed by atoms with Gasteiger partial charge in [0.05, 0.1) is 6.10 Å². The summed E-state index contributed by atoms with van der Waals surface area (Å²) in [6.07, 6.45) is 2.39. The number of anilines is 2. The summed E-state index contributed by atoms with van der Waals surface area (Å²) in [5.41, 5.74) is 1.04. The van der Waals surface area contributed by atoms with Gasteiger partial charge in [-0.3, -0.25) is 0 Å². The molecule has 1 atom stereocenters. The van der Waals surface area contributed by atoms with Gasteiger partial charge < -0.3 is 20.6 Å². The third-order valence-corrected chi connectivity index (χ3v) is 4.19. The highest BCUT2D eigenvalue weighted by Crippen LogP contribution is 2.25. The molecule has 1 aromatic carbocycles. The topological polar surface area (TPSA) is 64.6 Å². The number of nitrogens with zero attached hydrogens (tertiary/aromatic N) is 1. The molecule has 1 aliphatic heterocycles. The van der Waals surface area contributed by atoms with E-state index in [0.717, 1.165) is 31.6 Å². The van der Waals surface area contributed by atoms with Crippen molar-refractivity contribution in [3.8, 4) is 0 Å². The lowest BCUT2D eigenvalue weighted by molar-refractivity contribution is 0.129. The minimum Gasteiger partial charge on any atom is -0.393 e. The maximum atomic E-state index is 13.8. The molecular formula is C18H28FN3O2. The summed E-state index contributed by atoms with van der Waals surface area (Å²) in [6, 6.07) is 4.25. The summed E-state index contributed by atoms with van der Waals surface area (Å²) in [4.78, 5) is 14.2. The van der Waals surface area contributed by atoms with E-state index in [1.807, 2.05) is 13.8 Å². The van der Waals surface area contributed by atoms with E-state index in [9.17, 15) is 14.3 Å². The second-order valence-electron chi connectivity index (χ2n) is 7.42. The van der Waals surface area contributed by atoms with Gasteiger partial charge in [0.2, 0.25) is 0 Å². The first-order valence-corrected chi connectivity index (χ1v) is 8.54. The number of carbonyl (C=O) groups is 1. The SMILES string of the molecule is C[C@@H](O)CC(C)(C)CNC(=O)Nc1cc(F)cc(N2CCCC2)c1. The van der Waals surface area contributed by atoms with Crippen LogP contribution in [0.2, 0.25) is 0 Å². The van der Waals surface area contributed by atoms with Gasteiger partial charge in [-0.25, -0.2) is 9.18 Å². The van der Waals surface area contributed by atoms with E-state index >= 15 is 0 Å². The van der Waals surface area contributed by atoms with E-state index in [-0.39, 0.29) is 17.3 Å². The molecule has 0 unspecified atom stereocenters. The van der Waals surface area contributed by atoms with Crippen LogP contribution in [0.15, 0.2) is 18.2 Å². The Kier molecular flexibility index (Phi) is 6.04. The summed E-state index contributed by atoms with van der Waals surface area (Å²) < 4.78 is 13.8. The average molecular weight is 337 g/mol. The molecule has 1 heterocycles. The molecule has 0 saturated carbocycles. The highest BCUT2D eigenvalue weighted by molar-refractivity contribution is 5.89. The van der Waals surface area contributed by atoms with Gasteiger partial charge in [0, 0.05) is 31.0 Å². The number of benzene rings is 1. The highest BCUT2D eigenvalue weighted by atomic mass is 19.1. The Morgan fingerprint density at radius 1 is 1.33 bits per heavy atom. The molecule has 0 bridgehead atoms. The van der Waals surface area contributed by atoms with Gasteiger partial charge in [0.1, 0.15) is 5.82 Å². The summed E-state index contributed by atoms with van der Waals surface area (Å²) in [5, 5.41) is 15.0. The number of amides is 2. The van der Waals surface area contributed by atoms with E-state index in [1.54, 1.807) is 13.0 Å². The summed E-state index contributed by atoms with van der Waals surface area (Å²) in [7, 11) is 0. The molecule has 1 fully saturated rings. The summed E-state index contributed by atoms with van der Waals surface area (Å²) >= 11 is 0. The number of halogens is 1. The maximum Gasteiger partial charge on any atom is 0.319 e. The Morgan fingerprint density at radius 3 is 2.62 bits per heavy atom. The van der Waals surface area contributed by atoms with Gasteiger partial charge in [0.15, 0.2) is 0 Å². The second-order valence-corrected chi connectivity index (χ2v) is 7.42. The zero-order chi connectivity index (χ0) is 17.7. The molecule has 24 heavy (non-hydrogen) atoms. The van der Waals surface area contributed by atoms with Crippen molar-refractivity contribution in [3.05, 3.63) is 24.0 Å². The Labute approximate surface area is 143 Å². The Hall–Kier alpha value is -1.82. The van der Waals surface area contributed by atoms with Crippen LogP contribution in [0.3, 0.4) is 0 Å². The van der Waals surface area contributed by atoms with E-state index in [2.05, 4.69) is 15.5 Å². The number of rotatable bonds is 6. The van der Waals surface area contributed by atoms with Crippen LogP contribution in [0.25, 0.3) is 0 Å². The fraction of sp³-hybridized carbons (Fsp3) is 0.611. The van der Waals surface area contributed by atoms with E-state index in [0.29, 0.717) is 18.7 Å². The first kappa shape index (κ1) is 18.5. The fourth-order valence-corrected chi connectivity index (χ4v) is 3.17. The van der Waals surface area contributed by atoms with Crippen LogP contribution in [0, 0.1) is 11.2 Å². The van der Waals surface area contributed by atoms with Crippen molar-refractivity contribution in [2.24, 2.45) is 5.41 Å². The normalized spacial score (nSPS) is 16.1. The maximum absolute atomic E-state index is 13.8. The van der Waals surface area contributed by atoms with Crippen LogP contribution in [0.5, 0.6) is 0 Å². The van der Waals surface area contributed by atoms with Crippen molar-refractivity contribution in [1.82, 2.24) is 5.32 Å². The molecule has 1 aromatic rings. The summed E-state index contributed by atoms with van der Waals surface area (Å²) in [6.45, 7) is 7.96. The fourth-order valence-electron chi connectivity index (χ4n) is 3.17. The molecule has 0 aliphatic carbocycles. The predicted octanol–water partition coefficient (Wildman–Crippen LogP) is 3.34. The lowest BCUT2D eigenvalue weighted by Crippen LogP contribution is -2.38. The lowest BCUT2D eigenvalue weighted by atomic mass is 9.87. The molecule has 0 spiro atoms. The minimum absolute atomic E-state index is 0.214. The molecule has 2 amide bonds. The van der Waals surface area contributed by atoms with Gasteiger partial charge in [0.25, 0.3) is 0 Å². The van der Waals surface area contributed by atoms with Crippen molar-refractivity contribution in [3.63, 3.8) is 0 Å². The minimum atomic E-state index is -0.420. The van der Waals surface area contributed by atoms with Crippen LogP contribution in [-0.2, 0) is 0 Å². The smallest absolute Gasteiger partial charge is 0.319 e. The lowest BCUT2D eigenvalue weighted by Gasteiger charge is -2.26. The van der Waals surface area contributed by atoms with Crippen molar-refractivity contribution in [2.45, 2.75) is 46.1 Å². The summed E-state index contributed by atoms with van der Waals surface area (Å²) in [5.74, 6) is -0.357. The molecule has 3 N–H and O–H groups in total. The van der Waals surface area contributed by atoms with Gasteiger partial charge in [-0.05, 0) is 49.8 Å². The third-order valence-electron chi connectivity index (χ3n) is 4.19. The van der Waals surface area contributed by atoms with Crippen LogP contribution < -0.4 is 15.5 Å². The van der Waals surface area contributed by atoms with E-state index in [4.69, 9.17) is 0 Å². The van der Waals surface area contributed by atoms with Crippen LogP contribution in [0.1, 0.15) is 40.0 Å². The highest BCUT2D eigenvalue weighted by Gasteiger charge is 2.21. The average Bonchev–Trinajstić information content (AvgIpc) is 2.97. The molecule has 1 saturated heterocycles. The standard InChI is InChI=1S/C18H28FN3O2/c1-13(23)11-18(2,3)12-20-17(24)21-15-8-14(19)9-16(10-15)22-6-4-5-7-22/h8-10,13,23H,4-7,11-12H2,1-3H3,(H2,20,21,24)/t13-/m1/s1. The third kappa shape index (κ3) is 5.67. The number of aliphatic hydroxyl groups excluding tert-OH is 1. The molecule has 0 aromatic heterocycles. The number of nitrogens with one attached hydrogen (secondary N) is 2. The van der Waals surface area contributed by atoms with Crippen molar-refractivity contribution >= 4 is 17.4 Å². The second kappa shape index (κ2) is 7.83. The first-order valence-electron chi connectivity index (χ1n) is 8.54. The Balaban J connectivity index is 1.94.